The van der Waals surface area contributed by atoms with E-state index in [-0.39, 0.29) is 12.0 Å². The molecule has 2 rings (SSSR count). The monoisotopic (exact) mass is 216 g/mol. The van der Waals surface area contributed by atoms with Gasteiger partial charge in [0.1, 0.15) is 0 Å². The zero-order valence-corrected chi connectivity index (χ0v) is 10.1. The maximum absolute atomic E-state index is 10.4. The highest BCUT2D eigenvalue weighted by Crippen LogP contribution is 2.28. The lowest BCUT2D eigenvalue weighted by Gasteiger charge is -2.25. The van der Waals surface area contributed by atoms with Crippen LogP contribution in [-0.4, -0.2) is 11.2 Å². The van der Waals surface area contributed by atoms with E-state index < -0.39 is 0 Å². The van der Waals surface area contributed by atoms with Crippen LogP contribution in [0.25, 0.3) is 0 Å². The Bertz CT molecular complexity index is 382. The number of aliphatic hydroxyl groups excluding tert-OH is 1. The van der Waals surface area contributed by atoms with Gasteiger partial charge >= 0.3 is 0 Å². The molecule has 0 radical (unpaired) electrons. The Balaban J connectivity index is 2.11. The minimum atomic E-state index is -0.302. The van der Waals surface area contributed by atoms with Crippen molar-refractivity contribution in [1.29, 1.82) is 0 Å². The lowest BCUT2D eigenvalue weighted by atomic mass is 9.84. The van der Waals surface area contributed by atoms with Crippen molar-refractivity contribution >= 4 is 0 Å². The van der Waals surface area contributed by atoms with E-state index in [0.717, 1.165) is 19.3 Å². The van der Waals surface area contributed by atoms with E-state index in [2.05, 4.69) is 44.2 Å². The predicted molar refractivity (Wildman–Crippen MR) is 68.1 cm³/mol. The van der Waals surface area contributed by atoms with Gasteiger partial charge in [-0.05, 0) is 38.7 Å². The largest absolute Gasteiger partial charge is 0.388 e. The second-order valence-electron chi connectivity index (χ2n) is 4.86. The minimum absolute atomic E-state index is 0.266. The summed E-state index contributed by atoms with van der Waals surface area (Å²) in [5.74, 6) is 0.266. The average Bonchev–Trinajstić information content (AvgIpc) is 2.28. The van der Waals surface area contributed by atoms with E-state index in [1.165, 1.54) is 16.7 Å². The molecule has 0 amide bonds. The van der Waals surface area contributed by atoms with E-state index in [1.54, 1.807) is 0 Å². The van der Waals surface area contributed by atoms with E-state index in [0.29, 0.717) is 0 Å². The Hall–Kier alpha value is -1.08. The van der Waals surface area contributed by atoms with Crippen LogP contribution in [0.1, 0.15) is 33.1 Å². The topological polar surface area (TPSA) is 20.2 Å². The quantitative estimate of drug-likeness (QED) is 0.748. The third-order valence-corrected chi connectivity index (χ3v) is 3.36. The van der Waals surface area contributed by atoms with Gasteiger partial charge in [-0.2, -0.15) is 0 Å². The van der Waals surface area contributed by atoms with Crippen molar-refractivity contribution in [2.45, 2.75) is 39.2 Å². The second kappa shape index (κ2) is 4.84. The fourth-order valence-corrected chi connectivity index (χ4v) is 2.49. The van der Waals surface area contributed by atoms with Crippen molar-refractivity contribution in [3.63, 3.8) is 0 Å². The van der Waals surface area contributed by atoms with Gasteiger partial charge in [-0.3, -0.25) is 0 Å². The van der Waals surface area contributed by atoms with Crippen molar-refractivity contribution in [2.24, 2.45) is 5.92 Å². The van der Waals surface area contributed by atoms with Crippen LogP contribution >= 0.6 is 0 Å². The molecule has 2 aliphatic rings. The van der Waals surface area contributed by atoms with Crippen LogP contribution < -0.4 is 0 Å². The molecule has 86 valence electrons. The summed E-state index contributed by atoms with van der Waals surface area (Å²) in [6.07, 6.45) is 13.6. The lowest BCUT2D eigenvalue weighted by molar-refractivity contribution is 0.161. The zero-order chi connectivity index (χ0) is 11.5. The van der Waals surface area contributed by atoms with Crippen LogP contribution in [0.5, 0.6) is 0 Å². The summed E-state index contributed by atoms with van der Waals surface area (Å²) in [6, 6.07) is 0. The number of aliphatic hydroxyl groups is 1. The van der Waals surface area contributed by atoms with Gasteiger partial charge in [0.25, 0.3) is 0 Å². The molecule has 1 N–H and O–H groups in total. The second-order valence-corrected chi connectivity index (χ2v) is 4.86. The standard InChI is InChI=1S/C15H20O/c1-11-5-3-7-13(9-11)15(16)14-8-4-6-12(2)10-14/h3,5-6,9-10,13,15-16H,4,7-8H2,1-2H3. The lowest BCUT2D eigenvalue weighted by Crippen LogP contribution is -2.23. The third kappa shape index (κ3) is 2.53. The van der Waals surface area contributed by atoms with E-state index in [9.17, 15) is 5.11 Å². The molecule has 1 heteroatoms. The molecule has 16 heavy (non-hydrogen) atoms. The summed E-state index contributed by atoms with van der Waals surface area (Å²) >= 11 is 0. The third-order valence-electron chi connectivity index (χ3n) is 3.36. The first-order valence-corrected chi connectivity index (χ1v) is 6.07. The number of rotatable bonds is 2. The van der Waals surface area contributed by atoms with Crippen LogP contribution in [0.3, 0.4) is 0 Å². The summed E-state index contributed by atoms with van der Waals surface area (Å²) < 4.78 is 0. The van der Waals surface area contributed by atoms with Gasteiger partial charge < -0.3 is 5.11 Å². The molecular weight excluding hydrogens is 196 g/mol. The highest BCUT2D eigenvalue weighted by molar-refractivity contribution is 5.31. The summed E-state index contributed by atoms with van der Waals surface area (Å²) in [4.78, 5) is 0. The summed E-state index contributed by atoms with van der Waals surface area (Å²) in [7, 11) is 0. The van der Waals surface area contributed by atoms with E-state index in [4.69, 9.17) is 0 Å². The Morgan fingerprint density at radius 2 is 2.12 bits per heavy atom. The van der Waals surface area contributed by atoms with Gasteiger partial charge in [-0.15, -0.1) is 0 Å². The smallest absolute Gasteiger partial charge is 0.0819 e. The van der Waals surface area contributed by atoms with Crippen molar-refractivity contribution in [1.82, 2.24) is 0 Å². The number of hydrogen-bond acceptors (Lipinski definition) is 1. The Kier molecular flexibility index (Phi) is 3.45. The predicted octanol–water partition coefficient (Wildman–Crippen LogP) is 3.54. The molecule has 2 aliphatic carbocycles. The molecule has 2 atom stereocenters. The minimum Gasteiger partial charge on any atom is -0.388 e. The highest BCUT2D eigenvalue weighted by atomic mass is 16.3. The maximum Gasteiger partial charge on any atom is 0.0819 e. The van der Waals surface area contributed by atoms with Crippen LogP contribution in [-0.2, 0) is 0 Å². The van der Waals surface area contributed by atoms with Gasteiger partial charge in [-0.1, -0.05) is 41.5 Å². The normalized spacial score (nSPS) is 26.9. The zero-order valence-electron chi connectivity index (χ0n) is 10.1. The number of hydrogen-bond donors (Lipinski definition) is 1. The molecule has 2 unspecified atom stereocenters. The molecule has 0 saturated heterocycles. The van der Waals surface area contributed by atoms with Crippen molar-refractivity contribution in [3.8, 4) is 0 Å². The molecule has 0 aromatic carbocycles. The Morgan fingerprint density at radius 1 is 1.31 bits per heavy atom. The average molecular weight is 216 g/mol. The van der Waals surface area contributed by atoms with Gasteiger partial charge in [-0.25, -0.2) is 0 Å². The maximum atomic E-state index is 10.4. The molecule has 0 aromatic rings. The summed E-state index contributed by atoms with van der Waals surface area (Å²) in [5, 5.41) is 10.4. The molecule has 0 bridgehead atoms. The van der Waals surface area contributed by atoms with Crippen LogP contribution in [0.15, 0.2) is 47.1 Å². The first-order valence-electron chi connectivity index (χ1n) is 6.07. The molecule has 0 spiro atoms. The first kappa shape index (κ1) is 11.4. The highest BCUT2D eigenvalue weighted by Gasteiger charge is 2.22. The Labute approximate surface area is 97.9 Å². The van der Waals surface area contributed by atoms with Gasteiger partial charge in [0.15, 0.2) is 0 Å². The van der Waals surface area contributed by atoms with Crippen LogP contribution in [0, 0.1) is 5.92 Å². The Morgan fingerprint density at radius 3 is 2.81 bits per heavy atom. The molecular formula is C15H20O. The van der Waals surface area contributed by atoms with Gasteiger partial charge in [0.05, 0.1) is 6.10 Å². The molecule has 0 saturated carbocycles. The number of allylic oxidation sites excluding steroid dienone is 6. The van der Waals surface area contributed by atoms with E-state index in [1.807, 2.05) is 0 Å². The fourth-order valence-electron chi connectivity index (χ4n) is 2.49. The summed E-state index contributed by atoms with van der Waals surface area (Å²) in [5.41, 5.74) is 3.75. The summed E-state index contributed by atoms with van der Waals surface area (Å²) in [6.45, 7) is 4.20. The molecule has 0 fully saturated rings. The molecule has 0 heterocycles. The SMILES string of the molecule is CC1=CCCC(C(O)C2C=C(C)C=CC2)=C1. The first-order chi connectivity index (χ1) is 7.66. The molecule has 1 nitrogen and oxygen atoms in total. The van der Waals surface area contributed by atoms with Gasteiger partial charge in [0, 0.05) is 5.92 Å². The molecule has 0 aromatic heterocycles. The van der Waals surface area contributed by atoms with Crippen LogP contribution in [0.4, 0.5) is 0 Å². The van der Waals surface area contributed by atoms with Crippen LogP contribution in [0.2, 0.25) is 0 Å². The van der Waals surface area contributed by atoms with Gasteiger partial charge in [0.2, 0.25) is 0 Å². The van der Waals surface area contributed by atoms with Crippen molar-refractivity contribution in [3.05, 3.63) is 47.1 Å². The van der Waals surface area contributed by atoms with E-state index >= 15 is 0 Å². The van der Waals surface area contributed by atoms with Crippen molar-refractivity contribution < 1.29 is 5.11 Å². The molecule has 0 aliphatic heterocycles. The fraction of sp³-hybridized carbons (Fsp3) is 0.467. The van der Waals surface area contributed by atoms with Crippen molar-refractivity contribution in [2.75, 3.05) is 0 Å².